The van der Waals surface area contributed by atoms with Crippen molar-refractivity contribution in [1.82, 2.24) is 4.90 Å². The molecule has 1 amide bonds. The summed E-state index contributed by atoms with van der Waals surface area (Å²) >= 11 is 3.60. The van der Waals surface area contributed by atoms with Gasteiger partial charge in [-0.2, -0.15) is 0 Å². The van der Waals surface area contributed by atoms with Crippen LogP contribution in [0, 0.1) is 5.92 Å². The first kappa shape index (κ1) is 12.7. The standard InChI is InChI=1S/C16H19BrN2O/c1-10(11-3-4-11)19-9-12-7-13(17)8-14(15(12)16(19)20)18-5-2-6-18/h7-8,10-11H,2-6,9H2,1H3/t10-/m0/s1. The molecule has 4 rings (SSSR count). The molecule has 1 aromatic carbocycles. The van der Waals surface area contributed by atoms with Gasteiger partial charge < -0.3 is 9.80 Å². The molecule has 1 aromatic rings. The first-order chi connectivity index (χ1) is 9.65. The van der Waals surface area contributed by atoms with E-state index in [2.05, 4.69) is 44.8 Å². The molecule has 0 bridgehead atoms. The van der Waals surface area contributed by atoms with Crippen molar-refractivity contribution in [1.29, 1.82) is 0 Å². The van der Waals surface area contributed by atoms with E-state index in [4.69, 9.17) is 0 Å². The number of nitrogens with zero attached hydrogens (tertiary/aromatic N) is 2. The van der Waals surface area contributed by atoms with Crippen LogP contribution in [0.1, 0.15) is 42.1 Å². The lowest BCUT2D eigenvalue weighted by Crippen LogP contribution is -2.39. The van der Waals surface area contributed by atoms with Gasteiger partial charge in [-0.1, -0.05) is 15.9 Å². The van der Waals surface area contributed by atoms with E-state index in [0.717, 1.165) is 41.3 Å². The molecule has 0 spiro atoms. The zero-order valence-corrected chi connectivity index (χ0v) is 13.3. The van der Waals surface area contributed by atoms with Crippen molar-refractivity contribution >= 4 is 27.5 Å². The quantitative estimate of drug-likeness (QED) is 0.845. The summed E-state index contributed by atoms with van der Waals surface area (Å²) in [6, 6.07) is 4.62. The molecule has 0 aromatic heterocycles. The average Bonchev–Trinajstić information content (AvgIpc) is 3.12. The summed E-state index contributed by atoms with van der Waals surface area (Å²) in [5, 5.41) is 0. The average molecular weight is 335 g/mol. The van der Waals surface area contributed by atoms with Crippen molar-refractivity contribution in [2.24, 2.45) is 5.92 Å². The summed E-state index contributed by atoms with van der Waals surface area (Å²) in [5.41, 5.74) is 3.29. The molecule has 2 fully saturated rings. The highest BCUT2D eigenvalue weighted by atomic mass is 79.9. The van der Waals surface area contributed by atoms with Crippen molar-refractivity contribution < 1.29 is 4.79 Å². The van der Waals surface area contributed by atoms with E-state index < -0.39 is 0 Å². The third-order valence-corrected chi connectivity index (χ3v) is 5.43. The van der Waals surface area contributed by atoms with E-state index in [1.165, 1.54) is 24.8 Å². The third kappa shape index (κ3) is 1.88. The predicted octanol–water partition coefficient (Wildman–Crippen LogP) is 3.41. The van der Waals surface area contributed by atoms with Gasteiger partial charge in [-0.05, 0) is 49.8 Å². The van der Waals surface area contributed by atoms with Crippen molar-refractivity contribution in [2.75, 3.05) is 18.0 Å². The molecule has 2 heterocycles. The van der Waals surface area contributed by atoms with E-state index in [-0.39, 0.29) is 5.91 Å². The fourth-order valence-corrected chi connectivity index (χ4v) is 3.88. The highest BCUT2D eigenvalue weighted by molar-refractivity contribution is 9.10. The van der Waals surface area contributed by atoms with E-state index >= 15 is 0 Å². The topological polar surface area (TPSA) is 23.6 Å². The third-order valence-electron chi connectivity index (χ3n) is 4.97. The minimum absolute atomic E-state index is 0.244. The Morgan fingerprint density at radius 1 is 1.30 bits per heavy atom. The largest absolute Gasteiger partial charge is 0.371 e. The molecule has 106 valence electrons. The van der Waals surface area contributed by atoms with E-state index in [0.29, 0.717) is 6.04 Å². The van der Waals surface area contributed by atoms with E-state index in [9.17, 15) is 4.79 Å². The van der Waals surface area contributed by atoms with Crippen LogP contribution in [0.2, 0.25) is 0 Å². The van der Waals surface area contributed by atoms with Gasteiger partial charge in [0, 0.05) is 30.1 Å². The van der Waals surface area contributed by atoms with E-state index in [1.54, 1.807) is 0 Å². The molecule has 4 heteroatoms. The van der Waals surface area contributed by atoms with Crippen LogP contribution in [0.25, 0.3) is 0 Å². The van der Waals surface area contributed by atoms with Crippen LogP contribution in [-0.2, 0) is 6.54 Å². The summed E-state index contributed by atoms with van der Waals surface area (Å²) in [6.45, 7) is 5.15. The fraction of sp³-hybridized carbons (Fsp3) is 0.562. The number of rotatable bonds is 3. The van der Waals surface area contributed by atoms with Gasteiger partial charge in [0.2, 0.25) is 0 Å². The number of carbonyl (C=O) groups is 1. The lowest BCUT2D eigenvalue weighted by Gasteiger charge is -2.34. The van der Waals surface area contributed by atoms with Gasteiger partial charge >= 0.3 is 0 Å². The highest BCUT2D eigenvalue weighted by Gasteiger charge is 2.40. The number of benzene rings is 1. The first-order valence-corrected chi connectivity index (χ1v) is 8.33. The fourth-order valence-electron chi connectivity index (χ4n) is 3.39. The van der Waals surface area contributed by atoms with Crippen LogP contribution in [0.5, 0.6) is 0 Å². The number of amides is 1. The molecule has 1 saturated heterocycles. The second-order valence-corrected chi connectivity index (χ2v) is 7.23. The second-order valence-electron chi connectivity index (χ2n) is 6.31. The molecule has 3 aliphatic rings. The summed E-state index contributed by atoms with van der Waals surface area (Å²) in [4.78, 5) is 17.2. The molecule has 0 unspecified atom stereocenters. The highest BCUT2D eigenvalue weighted by Crippen LogP contribution is 2.41. The molecule has 20 heavy (non-hydrogen) atoms. The Morgan fingerprint density at radius 2 is 2.05 bits per heavy atom. The molecule has 3 nitrogen and oxygen atoms in total. The number of hydrogen-bond acceptors (Lipinski definition) is 2. The lowest BCUT2D eigenvalue weighted by molar-refractivity contribution is 0.0698. The Labute approximate surface area is 128 Å². The summed E-state index contributed by atoms with van der Waals surface area (Å²) in [5.74, 6) is 0.970. The van der Waals surface area contributed by atoms with Gasteiger partial charge in [-0.15, -0.1) is 0 Å². The zero-order valence-electron chi connectivity index (χ0n) is 11.7. The maximum absolute atomic E-state index is 12.8. The maximum Gasteiger partial charge on any atom is 0.256 e. The number of fused-ring (bicyclic) bond motifs is 1. The van der Waals surface area contributed by atoms with Crippen LogP contribution in [0.3, 0.4) is 0 Å². The van der Waals surface area contributed by atoms with Crippen molar-refractivity contribution in [3.05, 3.63) is 27.7 Å². The van der Waals surface area contributed by atoms with Crippen LogP contribution in [-0.4, -0.2) is 29.9 Å². The Balaban J connectivity index is 1.72. The molecule has 0 N–H and O–H groups in total. The Bertz CT molecular complexity index is 578. The summed E-state index contributed by atoms with van der Waals surface area (Å²) in [6.07, 6.45) is 3.80. The van der Waals surface area contributed by atoms with Gasteiger partial charge in [-0.3, -0.25) is 4.79 Å². The molecular formula is C16H19BrN2O. The minimum Gasteiger partial charge on any atom is -0.371 e. The normalized spacial score (nSPS) is 22.8. The van der Waals surface area contributed by atoms with Crippen LogP contribution >= 0.6 is 15.9 Å². The SMILES string of the molecule is C[C@@H](C1CC1)N1Cc2cc(Br)cc(N3CCC3)c2C1=O. The number of hydrogen-bond donors (Lipinski definition) is 0. The van der Waals surface area contributed by atoms with Crippen LogP contribution in [0.4, 0.5) is 5.69 Å². The van der Waals surface area contributed by atoms with Crippen LogP contribution < -0.4 is 4.90 Å². The van der Waals surface area contributed by atoms with Gasteiger partial charge in [0.25, 0.3) is 5.91 Å². The lowest BCUT2D eigenvalue weighted by atomic mass is 10.0. The molecule has 1 saturated carbocycles. The molecular weight excluding hydrogens is 316 g/mol. The molecule has 1 atom stereocenters. The Kier molecular flexibility index (Phi) is 2.85. The van der Waals surface area contributed by atoms with E-state index in [1.807, 2.05) is 0 Å². The second kappa shape index (κ2) is 4.48. The van der Waals surface area contributed by atoms with Gasteiger partial charge in [0.15, 0.2) is 0 Å². The molecule has 0 radical (unpaired) electrons. The monoisotopic (exact) mass is 334 g/mol. The Morgan fingerprint density at radius 3 is 2.65 bits per heavy atom. The van der Waals surface area contributed by atoms with Gasteiger partial charge in [0.05, 0.1) is 11.3 Å². The van der Waals surface area contributed by atoms with Crippen molar-refractivity contribution in [3.63, 3.8) is 0 Å². The number of anilines is 1. The van der Waals surface area contributed by atoms with Crippen molar-refractivity contribution in [2.45, 2.75) is 38.8 Å². The maximum atomic E-state index is 12.8. The van der Waals surface area contributed by atoms with Crippen molar-refractivity contribution in [3.8, 4) is 0 Å². The van der Waals surface area contributed by atoms with Gasteiger partial charge in [-0.25, -0.2) is 0 Å². The van der Waals surface area contributed by atoms with Crippen LogP contribution in [0.15, 0.2) is 16.6 Å². The smallest absolute Gasteiger partial charge is 0.256 e. The zero-order chi connectivity index (χ0) is 13.9. The number of halogens is 1. The predicted molar refractivity (Wildman–Crippen MR) is 83.0 cm³/mol. The summed E-state index contributed by atoms with van der Waals surface area (Å²) in [7, 11) is 0. The van der Waals surface area contributed by atoms with Gasteiger partial charge in [0.1, 0.15) is 0 Å². The molecule has 2 aliphatic heterocycles. The molecule has 1 aliphatic carbocycles. The summed E-state index contributed by atoms with van der Waals surface area (Å²) < 4.78 is 1.09. The Hall–Kier alpha value is -1.03. The minimum atomic E-state index is 0.244. The first-order valence-electron chi connectivity index (χ1n) is 7.53. The number of carbonyl (C=O) groups excluding carboxylic acids is 1.